The van der Waals surface area contributed by atoms with E-state index in [1.165, 1.54) is 11.1 Å². The van der Waals surface area contributed by atoms with Crippen LogP contribution in [0.1, 0.15) is 50.3 Å². The third kappa shape index (κ3) is 3.93. The highest BCUT2D eigenvalue weighted by Gasteiger charge is 2.34. The zero-order chi connectivity index (χ0) is 20.5. The molecule has 5 nitrogen and oxygen atoms in total. The molecule has 0 unspecified atom stereocenters. The highest BCUT2D eigenvalue weighted by molar-refractivity contribution is 5.90. The number of nitrogens with zero attached hydrogens (tertiary/aromatic N) is 1. The van der Waals surface area contributed by atoms with Gasteiger partial charge in [0.25, 0.3) is 0 Å². The van der Waals surface area contributed by atoms with Crippen LogP contribution in [0, 0.1) is 11.8 Å². The number of carbonyl (C=O) groups is 1. The molecule has 29 heavy (non-hydrogen) atoms. The minimum atomic E-state index is -0.0220. The van der Waals surface area contributed by atoms with E-state index in [4.69, 9.17) is 14.2 Å². The summed E-state index contributed by atoms with van der Waals surface area (Å²) < 4.78 is 17.0. The Kier molecular flexibility index (Phi) is 5.68. The molecule has 4 rings (SSSR count). The molecule has 1 aliphatic carbocycles. The Bertz CT molecular complexity index is 857. The van der Waals surface area contributed by atoms with Gasteiger partial charge < -0.3 is 14.2 Å². The molecular weight excluding hydrogens is 366 g/mol. The van der Waals surface area contributed by atoms with Crippen molar-refractivity contribution >= 4 is 5.78 Å². The first-order valence-corrected chi connectivity index (χ1v) is 10.5. The Morgan fingerprint density at radius 2 is 2.21 bits per heavy atom. The smallest absolute Gasteiger partial charge is 0.231 e. The Morgan fingerprint density at radius 1 is 1.38 bits per heavy atom. The van der Waals surface area contributed by atoms with Crippen LogP contribution >= 0.6 is 0 Å². The highest BCUT2D eigenvalue weighted by atomic mass is 16.7. The Labute approximate surface area is 173 Å². The molecule has 156 valence electrons. The molecule has 2 heterocycles. The van der Waals surface area contributed by atoms with Crippen LogP contribution in [-0.2, 0) is 11.2 Å². The second kappa shape index (κ2) is 8.23. The number of fused-ring (bicyclic) bond motifs is 2. The molecule has 5 heteroatoms. The summed E-state index contributed by atoms with van der Waals surface area (Å²) in [5.74, 6) is 3.31. The summed E-state index contributed by atoms with van der Waals surface area (Å²) in [6, 6.07) is 2.03. The standard InChI is InChI=1S/C24H31NO4/c1-15-5-6-17(16(2)11-15)7-8-19(26)13-20-22-18(9-10-25(20)3)12-21-23(24(22)27-4)29-14-28-21/h5,7-8,12,16-17,20H,6,9-11,13-14H2,1-4H3/b8-7+/t16-,17-,20-/m1/s1. The zero-order valence-corrected chi connectivity index (χ0v) is 17.9. The molecule has 0 bridgehead atoms. The lowest BCUT2D eigenvalue weighted by Crippen LogP contribution is -2.33. The van der Waals surface area contributed by atoms with Crippen LogP contribution in [0.25, 0.3) is 0 Å². The van der Waals surface area contributed by atoms with E-state index in [-0.39, 0.29) is 18.6 Å². The number of likely N-dealkylation sites (N-methyl/N-ethyl adjacent to an activating group) is 1. The zero-order valence-electron chi connectivity index (χ0n) is 17.9. The SMILES string of the molecule is COc1c2c(cc3c1[C@@H](CC(=O)/C=C/[C@H]1CC=C(C)C[C@H]1C)N(C)CC3)OCO2. The second-order valence-corrected chi connectivity index (χ2v) is 8.62. The van der Waals surface area contributed by atoms with Crippen molar-refractivity contribution in [3.63, 3.8) is 0 Å². The predicted molar refractivity (Wildman–Crippen MR) is 113 cm³/mol. The first-order chi connectivity index (χ1) is 14.0. The van der Waals surface area contributed by atoms with Gasteiger partial charge in [-0.3, -0.25) is 9.69 Å². The van der Waals surface area contributed by atoms with E-state index in [1.807, 2.05) is 0 Å². The Hall–Kier alpha value is -2.27. The summed E-state index contributed by atoms with van der Waals surface area (Å²) in [7, 11) is 3.73. The van der Waals surface area contributed by atoms with Gasteiger partial charge in [-0.15, -0.1) is 0 Å². The molecule has 0 fully saturated rings. The van der Waals surface area contributed by atoms with Crippen molar-refractivity contribution in [2.24, 2.45) is 11.8 Å². The van der Waals surface area contributed by atoms with Gasteiger partial charge >= 0.3 is 0 Å². The van der Waals surface area contributed by atoms with E-state index in [1.54, 1.807) is 13.2 Å². The largest absolute Gasteiger partial charge is 0.492 e. The molecule has 3 atom stereocenters. The lowest BCUT2D eigenvalue weighted by molar-refractivity contribution is -0.115. The number of ether oxygens (including phenoxy) is 3. The van der Waals surface area contributed by atoms with Gasteiger partial charge in [-0.05, 0) is 62.8 Å². The normalized spacial score (nSPS) is 26.3. The van der Waals surface area contributed by atoms with Crippen molar-refractivity contribution in [2.75, 3.05) is 27.5 Å². The van der Waals surface area contributed by atoms with E-state index in [0.29, 0.717) is 29.8 Å². The predicted octanol–water partition coefficient (Wildman–Crippen LogP) is 4.46. The van der Waals surface area contributed by atoms with Gasteiger partial charge in [0.05, 0.1) is 7.11 Å². The fraction of sp³-hybridized carbons (Fsp3) is 0.542. The maximum atomic E-state index is 12.9. The van der Waals surface area contributed by atoms with E-state index >= 15 is 0 Å². The van der Waals surface area contributed by atoms with Crippen LogP contribution in [-0.4, -0.2) is 38.2 Å². The van der Waals surface area contributed by atoms with Crippen molar-refractivity contribution in [3.05, 3.63) is 41.0 Å². The number of allylic oxidation sites excluding steroid dienone is 4. The molecule has 0 spiro atoms. The highest BCUT2D eigenvalue weighted by Crippen LogP contribution is 2.50. The molecule has 1 aromatic rings. The van der Waals surface area contributed by atoms with Gasteiger partial charge in [0.2, 0.25) is 12.5 Å². The maximum absolute atomic E-state index is 12.9. The topological polar surface area (TPSA) is 48.0 Å². The van der Waals surface area contributed by atoms with Crippen molar-refractivity contribution in [1.82, 2.24) is 4.90 Å². The lowest BCUT2D eigenvalue weighted by atomic mass is 9.81. The molecule has 2 aliphatic heterocycles. The molecule has 0 radical (unpaired) electrons. The van der Waals surface area contributed by atoms with E-state index in [2.05, 4.69) is 44.0 Å². The van der Waals surface area contributed by atoms with Gasteiger partial charge in [-0.25, -0.2) is 0 Å². The number of ketones is 1. The summed E-state index contributed by atoms with van der Waals surface area (Å²) in [5.41, 5.74) is 3.71. The number of benzene rings is 1. The van der Waals surface area contributed by atoms with Crippen molar-refractivity contribution in [2.45, 2.75) is 45.6 Å². The first kappa shape index (κ1) is 20.0. The number of hydrogen-bond donors (Lipinski definition) is 0. The third-order valence-corrected chi connectivity index (χ3v) is 6.58. The van der Waals surface area contributed by atoms with Crippen LogP contribution in [0.3, 0.4) is 0 Å². The van der Waals surface area contributed by atoms with Crippen LogP contribution in [0.4, 0.5) is 0 Å². The van der Waals surface area contributed by atoms with E-state index in [0.717, 1.165) is 37.1 Å². The molecule has 1 aromatic carbocycles. The van der Waals surface area contributed by atoms with Crippen LogP contribution in [0.15, 0.2) is 29.9 Å². The van der Waals surface area contributed by atoms with Crippen LogP contribution < -0.4 is 14.2 Å². The monoisotopic (exact) mass is 397 g/mol. The fourth-order valence-electron chi connectivity index (χ4n) is 4.85. The molecule has 3 aliphatic rings. The summed E-state index contributed by atoms with van der Waals surface area (Å²) in [6.45, 7) is 5.58. The van der Waals surface area contributed by atoms with Gasteiger partial charge in [0.15, 0.2) is 17.3 Å². The lowest BCUT2D eigenvalue weighted by Gasteiger charge is -2.35. The van der Waals surface area contributed by atoms with Crippen molar-refractivity contribution in [3.8, 4) is 17.2 Å². The quantitative estimate of drug-likeness (QED) is 0.542. The van der Waals surface area contributed by atoms with Crippen molar-refractivity contribution < 1.29 is 19.0 Å². The average molecular weight is 398 g/mol. The van der Waals surface area contributed by atoms with E-state index < -0.39 is 0 Å². The van der Waals surface area contributed by atoms with E-state index in [9.17, 15) is 4.79 Å². The minimum absolute atomic E-state index is 0.0220. The molecule has 0 saturated heterocycles. The van der Waals surface area contributed by atoms with Gasteiger partial charge in [-0.1, -0.05) is 24.6 Å². The Morgan fingerprint density at radius 3 is 2.97 bits per heavy atom. The minimum Gasteiger partial charge on any atom is -0.492 e. The van der Waals surface area contributed by atoms with Gasteiger partial charge in [-0.2, -0.15) is 0 Å². The number of rotatable bonds is 5. The molecule has 0 N–H and O–H groups in total. The molecular formula is C24H31NO4. The maximum Gasteiger partial charge on any atom is 0.231 e. The first-order valence-electron chi connectivity index (χ1n) is 10.5. The summed E-state index contributed by atoms with van der Waals surface area (Å²) in [6.07, 6.45) is 9.72. The fourth-order valence-corrected chi connectivity index (χ4v) is 4.85. The average Bonchev–Trinajstić information content (AvgIpc) is 3.16. The molecule has 0 saturated carbocycles. The van der Waals surface area contributed by atoms with Gasteiger partial charge in [0.1, 0.15) is 0 Å². The summed E-state index contributed by atoms with van der Waals surface area (Å²) >= 11 is 0. The third-order valence-electron chi connectivity index (χ3n) is 6.58. The van der Waals surface area contributed by atoms with Gasteiger partial charge in [0, 0.05) is 24.6 Å². The number of hydrogen-bond acceptors (Lipinski definition) is 5. The van der Waals surface area contributed by atoms with Crippen LogP contribution in [0.2, 0.25) is 0 Å². The number of carbonyl (C=O) groups excluding carboxylic acids is 1. The van der Waals surface area contributed by atoms with Crippen molar-refractivity contribution in [1.29, 1.82) is 0 Å². The summed E-state index contributed by atoms with van der Waals surface area (Å²) in [5, 5.41) is 0. The number of methoxy groups -OCH3 is 1. The Balaban J connectivity index is 1.55. The second-order valence-electron chi connectivity index (χ2n) is 8.62. The molecule has 0 aromatic heterocycles. The molecule has 0 amide bonds. The summed E-state index contributed by atoms with van der Waals surface area (Å²) in [4.78, 5) is 15.1. The van der Waals surface area contributed by atoms with Crippen LogP contribution in [0.5, 0.6) is 17.2 Å².